The van der Waals surface area contributed by atoms with Gasteiger partial charge in [-0.15, -0.1) is 0 Å². The molecule has 6 nitrogen and oxygen atoms in total. The Hall–Kier alpha value is -2.06. The second-order valence-corrected chi connectivity index (χ2v) is 3.01. The maximum absolute atomic E-state index is 11.9. The Morgan fingerprint density at radius 2 is 1.82 bits per heavy atom. The molecule has 0 saturated carbocycles. The first-order valence-electron chi connectivity index (χ1n) is 4.23. The summed E-state index contributed by atoms with van der Waals surface area (Å²) in [5, 5.41) is 17.1. The van der Waals surface area contributed by atoms with Crippen LogP contribution >= 0.6 is 0 Å². The van der Waals surface area contributed by atoms with Crippen molar-refractivity contribution in [2.45, 2.75) is 19.0 Å². The number of alkyl halides is 3. The van der Waals surface area contributed by atoms with Crippen molar-refractivity contribution in [1.29, 1.82) is 0 Å². The van der Waals surface area contributed by atoms with E-state index in [0.29, 0.717) is 0 Å². The third-order valence-corrected chi connectivity index (χ3v) is 1.69. The van der Waals surface area contributed by atoms with Gasteiger partial charge in [0.25, 0.3) is 0 Å². The van der Waals surface area contributed by atoms with Gasteiger partial charge in [-0.2, -0.15) is 13.2 Å². The summed E-state index contributed by atoms with van der Waals surface area (Å²) in [4.78, 5) is 24.2. The zero-order chi connectivity index (χ0) is 13.2. The van der Waals surface area contributed by atoms with Crippen LogP contribution in [-0.4, -0.2) is 33.3 Å². The molecule has 0 saturated heterocycles. The van der Waals surface area contributed by atoms with Crippen LogP contribution in [0.2, 0.25) is 0 Å². The minimum Gasteiger partial charge on any atom is -0.476 e. The van der Waals surface area contributed by atoms with Crippen LogP contribution in [0.5, 0.6) is 0 Å². The Labute approximate surface area is 91.7 Å². The topological polar surface area (TPSA) is 101 Å². The fraction of sp³-hybridized carbons (Fsp3) is 0.375. The van der Waals surface area contributed by atoms with E-state index in [2.05, 4.69) is 9.40 Å². The third kappa shape index (κ3) is 3.47. The van der Waals surface area contributed by atoms with E-state index in [9.17, 15) is 22.8 Å². The number of hydrogen-bond acceptors (Lipinski definition) is 4. The molecule has 0 radical (unpaired) electrons. The molecule has 0 aliphatic carbocycles. The van der Waals surface area contributed by atoms with Crippen LogP contribution in [0.3, 0.4) is 0 Å². The van der Waals surface area contributed by atoms with E-state index in [-0.39, 0.29) is 0 Å². The van der Waals surface area contributed by atoms with Crippen LogP contribution < -0.4 is 0 Å². The summed E-state index contributed by atoms with van der Waals surface area (Å²) < 4.78 is 40.0. The van der Waals surface area contributed by atoms with Gasteiger partial charge < -0.3 is 14.6 Å². The van der Waals surface area contributed by atoms with Gasteiger partial charge in [0.15, 0.2) is 5.89 Å². The first kappa shape index (κ1) is 13.0. The first-order valence-corrected chi connectivity index (χ1v) is 4.23. The van der Waals surface area contributed by atoms with Gasteiger partial charge in [0.1, 0.15) is 0 Å². The van der Waals surface area contributed by atoms with Crippen LogP contribution in [-0.2, 0) is 6.42 Å². The van der Waals surface area contributed by atoms with Gasteiger partial charge in [-0.1, -0.05) is 0 Å². The van der Waals surface area contributed by atoms with Gasteiger partial charge in [0.2, 0.25) is 11.5 Å². The zero-order valence-corrected chi connectivity index (χ0v) is 8.11. The summed E-state index contributed by atoms with van der Waals surface area (Å²) in [6.45, 7) is 0. The number of hydrogen-bond donors (Lipinski definition) is 2. The normalized spacial score (nSPS) is 11.5. The first-order chi connectivity index (χ1) is 7.70. The van der Waals surface area contributed by atoms with Crippen molar-refractivity contribution in [2.75, 3.05) is 0 Å². The van der Waals surface area contributed by atoms with Crippen LogP contribution in [0, 0.1) is 0 Å². The average Bonchev–Trinajstić information content (AvgIpc) is 2.57. The molecule has 0 atom stereocenters. The molecule has 0 amide bonds. The predicted octanol–water partition coefficient (Wildman–Crippen LogP) is 1.57. The maximum atomic E-state index is 11.9. The number of carboxylic acids is 2. The highest BCUT2D eigenvalue weighted by atomic mass is 19.4. The molecule has 1 aromatic heterocycles. The van der Waals surface area contributed by atoms with E-state index < -0.39 is 48.3 Å². The average molecular weight is 253 g/mol. The molecular weight excluding hydrogens is 247 g/mol. The number of aryl methyl sites for hydroxylation is 1. The minimum absolute atomic E-state index is 0.572. The van der Waals surface area contributed by atoms with Gasteiger partial charge in [-0.3, -0.25) is 0 Å². The molecule has 1 heterocycles. The van der Waals surface area contributed by atoms with E-state index in [1.807, 2.05) is 0 Å². The summed E-state index contributed by atoms with van der Waals surface area (Å²) in [5.74, 6) is -4.93. The number of halogens is 3. The quantitative estimate of drug-likeness (QED) is 0.844. The van der Waals surface area contributed by atoms with Gasteiger partial charge in [-0.25, -0.2) is 14.6 Å². The number of aromatic nitrogens is 1. The molecule has 17 heavy (non-hydrogen) atoms. The van der Waals surface area contributed by atoms with Crippen LogP contribution in [0.4, 0.5) is 13.2 Å². The summed E-state index contributed by atoms with van der Waals surface area (Å²) in [7, 11) is 0. The Bertz CT molecular complexity index is 419. The standard InChI is InChI=1S/C8H6F3NO5/c9-8(10,11)2-1-3-12-4(6(13)14)5(17-3)7(15)16/h1-2H2,(H,13,14)(H,15,16). The Kier molecular flexibility index (Phi) is 3.39. The fourth-order valence-corrected chi connectivity index (χ4v) is 1.01. The van der Waals surface area contributed by atoms with Crippen LogP contribution in [0.15, 0.2) is 4.42 Å². The van der Waals surface area contributed by atoms with Gasteiger partial charge in [-0.05, 0) is 0 Å². The number of rotatable bonds is 4. The Morgan fingerprint density at radius 1 is 1.24 bits per heavy atom. The summed E-state index contributed by atoms with van der Waals surface area (Å²) in [6, 6.07) is 0. The highest BCUT2D eigenvalue weighted by Gasteiger charge is 2.30. The molecule has 0 aliphatic rings. The molecule has 2 N–H and O–H groups in total. The lowest BCUT2D eigenvalue weighted by Crippen LogP contribution is -2.09. The molecule has 0 spiro atoms. The molecule has 0 bridgehead atoms. The maximum Gasteiger partial charge on any atom is 0.389 e. The highest BCUT2D eigenvalue weighted by molar-refractivity contribution is 5.98. The van der Waals surface area contributed by atoms with E-state index in [1.54, 1.807) is 0 Å². The van der Waals surface area contributed by atoms with Crippen molar-refractivity contribution < 1.29 is 37.4 Å². The van der Waals surface area contributed by atoms with Crippen molar-refractivity contribution in [2.24, 2.45) is 0 Å². The fourth-order valence-electron chi connectivity index (χ4n) is 1.01. The van der Waals surface area contributed by atoms with Gasteiger partial charge in [0.05, 0.1) is 6.42 Å². The Morgan fingerprint density at radius 3 is 2.18 bits per heavy atom. The van der Waals surface area contributed by atoms with Crippen molar-refractivity contribution in [3.05, 3.63) is 17.3 Å². The van der Waals surface area contributed by atoms with Crippen LogP contribution in [0.1, 0.15) is 33.4 Å². The zero-order valence-electron chi connectivity index (χ0n) is 8.11. The minimum atomic E-state index is -4.46. The lowest BCUT2D eigenvalue weighted by Gasteiger charge is -2.02. The summed E-state index contributed by atoms with van der Waals surface area (Å²) in [6.07, 6.45) is -6.44. The largest absolute Gasteiger partial charge is 0.476 e. The number of carbonyl (C=O) groups is 2. The molecule has 0 fully saturated rings. The molecule has 0 unspecified atom stereocenters. The molecule has 0 aliphatic heterocycles. The monoisotopic (exact) mass is 253 g/mol. The molecule has 1 rings (SSSR count). The summed E-state index contributed by atoms with van der Waals surface area (Å²) in [5.41, 5.74) is -0.908. The van der Waals surface area contributed by atoms with E-state index in [1.165, 1.54) is 0 Å². The number of carboxylic acid groups (broad SMARTS) is 2. The van der Waals surface area contributed by atoms with E-state index >= 15 is 0 Å². The molecule has 0 aromatic carbocycles. The van der Waals surface area contributed by atoms with Crippen molar-refractivity contribution in [3.8, 4) is 0 Å². The van der Waals surface area contributed by atoms with Gasteiger partial charge in [0, 0.05) is 6.42 Å². The highest BCUT2D eigenvalue weighted by Crippen LogP contribution is 2.22. The summed E-state index contributed by atoms with van der Waals surface area (Å²) >= 11 is 0. The molecular formula is C8H6F3NO5. The van der Waals surface area contributed by atoms with Gasteiger partial charge >= 0.3 is 18.1 Å². The van der Waals surface area contributed by atoms with E-state index in [0.717, 1.165) is 0 Å². The predicted molar refractivity (Wildman–Crippen MR) is 44.8 cm³/mol. The second-order valence-electron chi connectivity index (χ2n) is 3.01. The molecule has 94 valence electrons. The van der Waals surface area contributed by atoms with Crippen molar-refractivity contribution >= 4 is 11.9 Å². The lowest BCUT2D eigenvalue weighted by molar-refractivity contribution is -0.134. The van der Waals surface area contributed by atoms with Crippen molar-refractivity contribution in [1.82, 2.24) is 4.98 Å². The van der Waals surface area contributed by atoms with Crippen LogP contribution in [0.25, 0.3) is 0 Å². The third-order valence-electron chi connectivity index (χ3n) is 1.69. The Balaban J connectivity index is 2.93. The second kappa shape index (κ2) is 4.44. The molecule has 9 heteroatoms. The smallest absolute Gasteiger partial charge is 0.389 e. The van der Waals surface area contributed by atoms with Crippen molar-refractivity contribution in [3.63, 3.8) is 0 Å². The SMILES string of the molecule is O=C(O)c1nc(CCC(F)(F)F)oc1C(=O)O. The van der Waals surface area contributed by atoms with E-state index in [4.69, 9.17) is 10.2 Å². The number of oxazole rings is 1. The number of nitrogens with zero attached hydrogens (tertiary/aromatic N) is 1. The number of aromatic carboxylic acids is 2. The molecule has 1 aromatic rings. The lowest BCUT2D eigenvalue weighted by atomic mass is 10.3.